The van der Waals surface area contributed by atoms with Gasteiger partial charge in [0.1, 0.15) is 10.7 Å². The van der Waals surface area contributed by atoms with Crippen LogP contribution in [0.3, 0.4) is 0 Å². The van der Waals surface area contributed by atoms with Crippen LogP contribution in [0.5, 0.6) is 0 Å². The van der Waals surface area contributed by atoms with Gasteiger partial charge in [-0.25, -0.2) is 25.9 Å². The van der Waals surface area contributed by atoms with Gasteiger partial charge in [0.05, 0.1) is 15.6 Å². The van der Waals surface area contributed by atoms with Crippen LogP contribution >= 0.6 is 11.6 Å². The highest BCUT2D eigenvalue weighted by molar-refractivity contribution is 7.93. The Morgan fingerprint density at radius 2 is 1.84 bits per heavy atom. The Kier molecular flexibility index (Phi) is 4.52. The minimum absolute atomic E-state index is 0.0526. The predicted molar refractivity (Wildman–Crippen MR) is 92.3 cm³/mol. The van der Waals surface area contributed by atoms with Crippen molar-refractivity contribution in [1.29, 1.82) is 0 Å². The first-order valence-electron chi connectivity index (χ1n) is 7.21. The Morgan fingerprint density at radius 1 is 1.12 bits per heavy atom. The molecule has 6 nitrogen and oxygen atoms in total. The molecule has 0 atom stereocenters. The molecule has 0 unspecified atom stereocenters. The van der Waals surface area contributed by atoms with Crippen LogP contribution in [0.25, 0.3) is 0 Å². The summed E-state index contributed by atoms with van der Waals surface area (Å²) in [6.45, 7) is 0.119. The Balaban J connectivity index is 2.07. The third kappa shape index (κ3) is 3.12. The zero-order chi connectivity index (χ0) is 18.4. The Morgan fingerprint density at radius 3 is 2.52 bits per heavy atom. The topological polar surface area (TPSA) is 83.6 Å². The molecule has 25 heavy (non-hydrogen) atoms. The number of sulfonamides is 2. The van der Waals surface area contributed by atoms with E-state index in [0.29, 0.717) is 17.7 Å². The number of nitrogens with one attached hydrogen (secondary N) is 1. The lowest BCUT2D eigenvalue weighted by Crippen LogP contribution is -2.29. The van der Waals surface area contributed by atoms with Gasteiger partial charge in [0.25, 0.3) is 10.0 Å². The number of rotatable bonds is 4. The largest absolute Gasteiger partial charge is 0.266 e. The summed E-state index contributed by atoms with van der Waals surface area (Å²) in [7, 11) is -6.39. The van der Waals surface area contributed by atoms with E-state index in [0.717, 1.165) is 16.4 Å². The third-order valence-electron chi connectivity index (χ3n) is 3.94. The molecule has 0 radical (unpaired) electrons. The average molecular weight is 405 g/mol. The molecule has 0 bridgehead atoms. The standard InChI is InChI=1S/C15H14ClFN2O4S2/c1-18-24(20,21)12-3-5-14-10(8-12)6-7-19(14)25(22,23)15-9-11(17)2-4-13(15)16/h2-5,8-9,18H,6-7H2,1H3. The van der Waals surface area contributed by atoms with Crippen molar-refractivity contribution >= 4 is 37.3 Å². The van der Waals surface area contributed by atoms with E-state index in [1.807, 2.05) is 0 Å². The predicted octanol–water partition coefficient (Wildman–Crippen LogP) is 2.14. The summed E-state index contributed by atoms with van der Waals surface area (Å²) in [4.78, 5) is -0.272. The molecule has 0 aliphatic carbocycles. The van der Waals surface area contributed by atoms with Crippen LogP contribution in [0.4, 0.5) is 10.1 Å². The van der Waals surface area contributed by atoms with E-state index >= 15 is 0 Å². The van der Waals surface area contributed by atoms with Gasteiger partial charge in [0.15, 0.2) is 0 Å². The summed E-state index contributed by atoms with van der Waals surface area (Å²) in [5, 5.41) is -0.0794. The Labute approximate surface area is 150 Å². The molecular formula is C15H14ClFN2O4S2. The van der Waals surface area contributed by atoms with Gasteiger partial charge in [0, 0.05) is 6.54 Å². The highest BCUT2D eigenvalue weighted by atomic mass is 35.5. The molecule has 10 heteroatoms. The maximum absolute atomic E-state index is 13.5. The highest BCUT2D eigenvalue weighted by Crippen LogP contribution is 2.36. The van der Waals surface area contributed by atoms with Crippen LogP contribution in [0.1, 0.15) is 5.56 Å². The molecule has 1 aliphatic rings. The number of fused-ring (bicyclic) bond motifs is 1. The van der Waals surface area contributed by atoms with E-state index < -0.39 is 25.9 Å². The zero-order valence-corrected chi connectivity index (χ0v) is 15.4. The smallest absolute Gasteiger partial charge is 0.265 e. The van der Waals surface area contributed by atoms with Crippen molar-refractivity contribution in [1.82, 2.24) is 4.72 Å². The lowest BCUT2D eigenvalue weighted by Gasteiger charge is -2.20. The number of nitrogens with zero attached hydrogens (tertiary/aromatic N) is 1. The average Bonchev–Trinajstić information content (AvgIpc) is 3.00. The van der Waals surface area contributed by atoms with E-state index in [4.69, 9.17) is 11.6 Å². The summed E-state index contributed by atoms with van der Waals surface area (Å²) in [6.07, 6.45) is 0.342. The molecule has 0 fully saturated rings. The van der Waals surface area contributed by atoms with E-state index in [1.54, 1.807) is 0 Å². The molecule has 0 amide bonds. The molecule has 1 heterocycles. The van der Waals surface area contributed by atoms with Crippen LogP contribution in [0, 0.1) is 5.82 Å². The second kappa shape index (κ2) is 6.24. The first-order chi connectivity index (χ1) is 11.7. The summed E-state index contributed by atoms with van der Waals surface area (Å²) in [5.74, 6) is -0.710. The van der Waals surface area contributed by atoms with Gasteiger partial charge in [-0.2, -0.15) is 0 Å². The molecule has 0 spiro atoms. The fraction of sp³-hybridized carbons (Fsp3) is 0.200. The lowest BCUT2D eigenvalue weighted by molar-refractivity contribution is 0.586. The van der Waals surface area contributed by atoms with Crippen LogP contribution < -0.4 is 9.03 Å². The van der Waals surface area contributed by atoms with Gasteiger partial charge in [0.2, 0.25) is 10.0 Å². The molecule has 0 aromatic heterocycles. The summed E-state index contributed by atoms with van der Waals surface area (Å²) < 4.78 is 66.3. The molecule has 0 saturated carbocycles. The fourth-order valence-electron chi connectivity index (χ4n) is 2.68. The lowest BCUT2D eigenvalue weighted by atomic mass is 10.2. The SMILES string of the molecule is CNS(=O)(=O)c1ccc2c(c1)CCN2S(=O)(=O)c1cc(F)ccc1Cl. The summed E-state index contributed by atoms with van der Waals surface area (Å²) in [6, 6.07) is 7.32. The van der Waals surface area contributed by atoms with Crippen molar-refractivity contribution in [2.24, 2.45) is 0 Å². The van der Waals surface area contributed by atoms with Gasteiger partial charge < -0.3 is 0 Å². The molecule has 3 rings (SSSR count). The van der Waals surface area contributed by atoms with Crippen LogP contribution in [-0.4, -0.2) is 30.4 Å². The van der Waals surface area contributed by atoms with E-state index in [9.17, 15) is 21.2 Å². The van der Waals surface area contributed by atoms with Crippen LogP contribution in [0.2, 0.25) is 5.02 Å². The summed E-state index contributed by atoms with van der Waals surface area (Å²) in [5.41, 5.74) is 0.933. The monoisotopic (exact) mass is 404 g/mol. The third-order valence-corrected chi connectivity index (χ3v) is 7.65. The number of benzene rings is 2. The molecule has 1 aliphatic heterocycles. The second-order valence-electron chi connectivity index (χ2n) is 5.40. The quantitative estimate of drug-likeness (QED) is 0.846. The summed E-state index contributed by atoms with van der Waals surface area (Å²) >= 11 is 5.93. The molecule has 1 N–H and O–H groups in total. The normalized spacial score (nSPS) is 14.6. The maximum atomic E-state index is 13.5. The van der Waals surface area contributed by atoms with Crippen molar-refractivity contribution in [3.8, 4) is 0 Å². The van der Waals surface area contributed by atoms with Crippen LogP contribution in [-0.2, 0) is 26.5 Å². The highest BCUT2D eigenvalue weighted by Gasteiger charge is 2.33. The number of halogens is 2. The number of hydrogen-bond donors (Lipinski definition) is 1. The number of anilines is 1. The first kappa shape index (κ1) is 18.1. The molecule has 2 aromatic rings. The molecule has 0 saturated heterocycles. The molecule has 2 aromatic carbocycles. The number of hydrogen-bond acceptors (Lipinski definition) is 4. The zero-order valence-electron chi connectivity index (χ0n) is 13.0. The first-order valence-corrected chi connectivity index (χ1v) is 10.5. The van der Waals surface area contributed by atoms with Gasteiger partial charge in [-0.15, -0.1) is 0 Å². The van der Waals surface area contributed by atoms with Crippen molar-refractivity contribution in [3.05, 3.63) is 52.8 Å². The van der Waals surface area contributed by atoms with Gasteiger partial charge in [-0.3, -0.25) is 4.31 Å². The maximum Gasteiger partial charge on any atom is 0.265 e. The molecular weight excluding hydrogens is 391 g/mol. The van der Waals surface area contributed by atoms with E-state index in [2.05, 4.69) is 4.72 Å². The minimum atomic E-state index is -4.06. The molecule has 134 valence electrons. The van der Waals surface area contributed by atoms with E-state index in [1.165, 1.54) is 31.3 Å². The second-order valence-corrected chi connectivity index (χ2v) is 9.52. The Hall–Kier alpha value is -1.68. The van der Waals surface area contributed by atoms with Crippen molar-refractivity contribution in [3.63, 3.8) is 0 Å². The van der Waals surface area contributed by atoms with Gasteiger partial charge in [-0.1, -0.05) is 11.6 Å². The van der Waals surface area contributed by atoms with Crippen molar-refractivity contribution in [2.75, 3.05) is 17.9 Å². The fourth-order valence-corrected chi connectivity index (χ4v) is 5.45. The van der Waals surface area contributed by atoms with Crippen molar-refractivity contribution < 1.29 is 21.2 Å². The van der Waals surface area contributed by atoms with E-state index in [-0.39, 0.29) is 21.4 Å². The van der Waals surface area contributed by atoms with Gasteiger partial charge >= 0.3 is 0 Å². The van der Waals surface area contributed by atoms with Gasteiger partial charge in [-0.05, 0) is 55.4 Å². The minimum Gasteiger partial charge on any atom is -0.266 e. The van der Waals surface area contributed by atoms with Crippen molar-refractivity contribution in [2.45, 2.75) is 16.2 Å². The van der Waals surface area contributed by atoms with Crippen LogP contribution in [0.15, 0.2) is 46.2 Å². The Bertz CT molecular complexity index is 1060.